The van der Waals surface area contributed by atoms with Crippen LogP contribution in [0, 0.1) is 11.8 Å². The average molecular weight is 264 g/mol. The molecule has 0 aromatic heterocycles. The zero-order valence-electron chi connectivity index (χ0n) is 11.5. The van der Waals surface area contributed by atoms with Crippen molar-refractivity contribution >= 4 is 11.9 Å². The summed E-state index contributed by atoms with van der Waals surface area (Å²) >= 11 is 0. The van der Waals surface area contributed by atoms with E-state index in [1.807, 2.05) is 17.1 Å². The van der Waals surface area contributed by atoms with Crippen LogP contribution in [0.15, 0.2) is 12.2 Å². The predicted octanol–water partition coefficient (Wildman–Crippen LogP) is 1.11. The molecule has 1 aliphatic heterocycles. The van der Waals surface area contributed by atoms with E-state index < -0.39 is 17.8 Å². The van der Waals surface area contributed by atoms with E-state index in [-0.39, 0.29) is 11.9 Å². The minimum Gasteiger partial charge on any atom is -0.550 e. The number of amides is 1. The minimum atomic E-state index is -1.09. The largest absolute Gasteiger partial charge is 0.550 e. The van der Waals surface area contributed by atoms with E-state index in [0.717, 1.165) is 32.2 Å². The number of nitrogens with zero attached hydrogens (tertiary/aromatic N) is 1. The number of piperidine rings is 1. The number of carboxylic acid groups (broad SMARTS) is 1. The van der Waals surface area contributed by atoms with Gasteiger partial charge in [-0.2, -0.15) is 0 Å². The van der Waals surface area contributed by atoms with Crippen LogP contribution < -0.4 is 5.11 Å². The molecule has 0 aromatic carbocycles. The number of carboxylic acids is 1. The van der Waals surface area contributed by atoms with Crippen LogP contribution in [0.25, 0.3) is 0 Å². The summed E-state index contributed by atoms with van der Waals surface area (Å²) in [5.74, 6) is -2.16. The van der Waals surface area contributed by atoms with Crippen LogP contribution >= 0.6 is 0 Å². The highest BCUT2D eigenvalue weighted by Crippen LogP contribution is 2.30. The van der Waals surface area contributed by atoms with Gasteiger partial charge in [-0.3, -0.25) is 4.79 Å². The number of aliphatic carboxylic acids is 1. The Labute approximate surface area is 114 Å². The molecule has 3 atom stereocenters. The highest BCUT2D eigenvalue weighted by molar-refractivity contribution is 5.85. The van der Waals surface area contributed by atoms with E-state index in [1.54, 1.807) is 0 Å². The molecule has 1 amide bonds. The third-order valence-corrected chi connectivity index (χ3v) is 4.43. The summed E-state index contributed by atoms with van der Waals surface area (Å²) in [6.07, 6.45) is 8.90. The van der Waals surface area contributed by atoms with E-state index in [2.05, 4.69) is 6.92 Å². The molecule has 1 heterocycles. The maximum atomic E-state index is 12.6. The Hall–Kier alpha value is -1.32. The van der Waals surface area contributed by atoms with E-state index >= 15 is 0 Å². The van der Waals surface area contributed by atoms with Crippen molar-refractivity contribution in [3.8, 4) is 0 Å². The second-order valence-corrected chi connectivity index (χ2v) is 5.56. The molecule has 0 radical (unpaired) electrons. The fourth-order valence-electron chi connectivity index (χ4n) is 3.28. The fourth-order valence-corrected chi connectivity index (χ4v) is 3.28. The van der Waals surface area contributed by atoms with E-state index in [4.69, 9.17) is 0 Å². The molecule has 2 rings (SSSR count). The van der Waals surface area contributed by atoms with Crippen LogP contribution in [-0.2, 0) is 9.59 Å². The van der Waals surface area contributed by atoms with Gasteiger partial charge in [0, 0.05) is 30.4 Å². The predicted molar refractivity (Wildman–Crippen MR) is 70.0 cm³/mol. The molecule has 4 heteroatoms. The molecular formula is C15H22NO3-. The number of rotatable bonds is 3. The van der Waals surface area contributed by atoms with Gasteiger partial charge in [0.05, 0.1) is 0 Å². The van der Waals surface area contributed by atoms with E-state index in [9.17, 15) is 14.7 Å². The van der Waals surface area contributed by atoms with Gasteiger partial charge in [-0.05, 0) is 38.5 Å². The van der Waals surface area contributed by atoms with Crippen LogP contribution in [0.3, 0.4) is 0 Å². The average Bonchev–Trinajstić information content (AvgIpc) is 2.46. The molecular weight excluding hydrogens is 242 g/mol. The van der Waals surface area contributed by atoms with Crippen molar-refractivity contribution in [3.63, 3.8) is 0 Å². The molecule has 0 unspecified atom stereocenters. The normalized spacial score (nSPS) is 31.2. The monoisotopic (exact) mass is 264 g/mol. The molecule has 1 saturated heterocycles. The van der Waals surface area contributed by atoms with Crippen molar-refractivity contribution in [3.05, 3.63) is 12.2 Å². The summed E-state index contributed by atoms with van der Waals surface area (Å²) in [6, 6.07) is 0.287. The topological polar surface area (TPSA) is 60.4 Å². The Kier molecular flexibility index (Phi) is 4.61. The van der Waals surface area contributed by atoms with Gasteiger partial charge in [0.2, 0.25) is 5.91 Å². The zero-order valence-corrected chi connectivity index (χ0v) is 11.5. The first kappa shape index (κ1) is 14.1. The van der Waals surface area contributed by atoms with Crippen molar-refractivity contribution in [1.29, 1.82) is 0 Å². The number of hydrogen-bond acceptors (Lipinski definition) is 3. The van der Waals surface area contributed by atoms with Gasteiger partial charge in [-0.1, -0.05) is 19.1 Å². The molecule has 1 aliphatic carbocycles. The Bertz CT molecular complexity index is 378. The Balaban J connectivity index is 2.12. The summed E-state index contributed by atoms with van der Waals surface area (Å²) in [6.45, 7) is 2.87. The first-order valence-electron chi connectivity index (χ1n) is 7.31. The van der Waals surface area contributed by atoms with Crippen LogP contribution in [0.4, 0.5) is 0 Å². The minimum absolute atomic E-state index is 0.0186. The number of carbonyl (C=O) groups is 2. The standard InChI is InChI=1S/C15H23NO3/c1-2-11-7-5-6-10-16(11)14(17)12-8-3-4-9-13(12)15(18)19/h3-4,11-13H,2,5-10H2,1H3,(H,18,19)/p-1/t11-,12-,13-/m1/s1. The van der Waals surface area contributed by atoms with Crippen LogP contribution in [-0.4, -0.2) is 29.4 Å². The maximum absolute atomic E-state index is 12.6. The van der Waals surface area contributed by atoms with E-state index in [1.165, 1.54) is 0 Å². The zero-order chi connectivity index (χ0) is 13.8. The molecule has 1 fully saturated rings. The first-order valence-corrected chi connectivity index (χ1v) is 7.31. The lowest BCUT2D eigenvalue weighted by atomic mass is 9.81. The number of likely N-dealkylation sites (tertiary alicyclic amines) is 1. The van der Waals surface area contributed by atoms with Crippen molar-refractivity contribution in [1.82, 2.24) is 4.90 Å². The summed E-state index contributed by atoms with van der Waals surface area (Å²) < 4.78 is 0. The quantitative estimate of drug-likeness (QED) is 0.717. The summed E-state index contributed by atoms with van der Waals surface area (Å²) in [7, 11) is 0. The molecule has 2 aliphatic rings. The number of carbonyl (C=O) groups excluding carboxylic acids is 2. The third kappa shape index (κ3) is 2.99. The molecule has 4 nitrogen and oxygen atoms in total. The molecule has 0 spiro atoms. The van der Waals surface area contributed by atoms with Crippen molar-refractivity contribution in [2.24, 2.45) is 11.8 Å². The lowest BCUT2D eigenvalue weighted by Crippen LogP contribution is -2.50. The second kappa shape index (κ2) is 6.22. The summed E-state index contributed by atoms with van der Waals surface area (Å²) in [5.41, 5.74) is 0. The molecule has 0 bridgehead atoms. The molecule has 0 aromatic rings. The molecule has 0 saturated carbocycles. The van der Waals surface area contributed by atoms with Gasteiger partial charge in [0.15, 0.2) is 0 Å². The number of hydrogen-bond donors (Lipinski definition) is 0. The fraction of sp³-hybridized carbons (Fsp3) is 0.733. The van der Waals surface area contributed by atoms with Crippen molar-refractivity contribution < 1.29 is 14.7 Å². The van der Waals surface area contributed by atoms with Crippen LogP contribution in [0.1, 0.15) is 45.4 Å². The summed E-state index contributed by atoms with van der Waals surface area (Å²) in [5, 5.41) is 11.2. The smallest absolute Gasteiger partial charge is 0.226 e. The first-order chi connectivity index (χ1) is 9.15. The van der Waals surface area contributed by atoms with E-state index in [0.29, 0.717) is 12.8 Å². The Morgan fingerprint density at radius 3 is 2.53 bits per heavy atom. The lowest BCUT2D eigenvalue weighted by Gasteiger charge is -2.40. The number of allylic oxidation sites excluding steroid dienone is 2. The lowest BCUT2D eigenvalue weighted by molar-refractivity contribution is -0.313. The van der Waals surface area contributed by atoms with Gasteiger partial charge in [-0.25, -0.2) is 0 Å². The maximum Gasteiger partial charge on any atom is 0.226 e. The van der Waals surface area contributed by atoms with Gasteiger partial charge in [0.25, 0.3) is 0 Å². The van der Waals surface area contributed by atoms with Crippen LogP contribution in [0.5, 0.6) is 0 Å². The van der Waals surface area contributed by atoms with Gasteiger partial charge in [0.1, 0.15) is 0 Å². The Morgan fingerprint density at radius 1 is 1.21 bits per heavy atom. The second-order valence-electron chi connectivity index (χ2n) is 5.56. The molecule has 106 valence electrons. The highest BCUT2D eigenvalue weighted by Gasteiger charge is 2.35. The molecule has 19 heavy (non-hydrogen) atoms. The molecule has 0 N–H and O–H groups in total. The van der Waals surface area contributed by atoms with Crippen LogP contribution in [0.2, 0.25) is 0 Å². The third-order valence-electron chi connectivity index (χ3n) is 4.43. The highest BCUT2D eigenvalue weighted by atomic mass is 16.4. The van der Waals surface area contributed by atoms with Gasteiger partial charge < -0.3 is 14.8 Å². The Morgan fingerprint density at radius 2 is 1.89 bits per heavy atom. The summed E-state index contributed by atoms with van der Waals surface area (Å²) in [4.78, 5) is 25.7. The van der Waals surface area contributed by atoms with Crippen molar-refractivity contribution in [2.75, 3.05) is 6.54 Å². The van der Waals surface area contributed by atoms with Gasteiger partial charge >= 0.3 is 0 Å². The van der Waals surface area contributed by atoms with Gasteiger partial charge in [-0.15, -0.1) is 0 Å². The van der Waals surface area contributed by atoms with Crippen molar-refractivity contribution in [2.45, 2.75) is 51.5 Å². The SMILES string of the molecule is CC[C@@H]1CCCCN1C(=O)[C@@H]1CC=CC[C@H]1C(=O)[O-].